The van der Waals surface area contributed by atoms with Gasteiger partial charge in [0.15, 0.2) is 0 Å². The normalized spacial score (nSPS) is 9.86. The topological polar surface area (TPSA) is 70.6 Å². The Morgan fingerprint density at radius 2 is 1.93 bits per heavy atom. The molecule has 0 unspecified atom stereocenters. The van der Waals surface area contributed by atoms with Crippen molar-refractivity contribution >= 4 is 6.03 Å². The van der Waals surface area contributed by atoms with Crippen molar-refractivity contribution in [1.29, 1.82) is 0 Å². The van der Waals surface area contributed by atoms with Crippen LogP contribution in [0.25, 0.3) is 0 Å². The average molecular weight is 204 g/mol. The molecule has 0 aromatic carbocycles. The van der Waals surface area contributed by atoms with E-state index in [1.54, 1.807) is 0 Å². The summed E-state index contributed by atoms with van der Waals surface area (Å²) >= 11 is 0. The molecule has 0 aromatic rings. The second-order valence-electron chi connectivity index (χ2n) is 2.81. The molecule has 0 atom stereocenters. The second kappa shape index (κ2) is 10.3. The molecule has 0 aromatic heterocycles. The number of ether oxygens (including phenoxy) is 1. The largest absolute Gasteiger partial charge is 0.396 e. The average Bonchev–Trinajstić information content (AvgIpc) is 2.18. The molecular formula is C9H20N2O3. The van der Waals surface area contributed by atoms with Crippen molar-refractivity contribution in [3.63, 3.8) is 0 Å². The van der Waals surface area contributed by atoms with E-state index in [-0.39, 0.29) is 12.6 Å². The van der Waals surface area contributed by atoms with Crippen molar-refractivity contribution in [2.75, 3.05) is 32.9 Å². The molecule has 0 saturated carbocycles. The molecule has 84 valence electrons. The summed E-state index contributed by atoms with van der Waals surface area (Å²) in [6.45, 7) is 4.55. The highest BCUT2D eigenvalue weighted by molar-refractivity contribution is 5.73. The van der Waals surface area contributed by atoms with Crippen LogP contribution in [0, 0.1) is 0 Å². The minimum Gasteiger partial charge on any atom is -0.396 e. The first-order chi connectivity index (χ1) is 6.81. The molecule has 0 radical (unpaired) electrons. The van der Waals surface area contributed by atoms with Gasteiger partial charge in [0, 0.05) is 32.9 Å². The van der Waals surface area contributed by atoms with E-state index in [2.05, 4.69) is 10.6 Å². The summed E-state index contributed by atoms with van der Waals surface area (Å²) in [5.74, 6) is 0. The lowest BCUT2D eigenvalue weighted by Crippen LogP contribution is -2.37. The van der Waals surface area contributed by atoms with Gasteiger partial charge in [-0.05, 0) is 19.8 Å². The smallest absolute Gasteiger partial charge is 0.314 e. The third kappa shape index (κ3) is 9.28. The standard InChI is InChI=1S/C9H20N2O3/c1-2-14-8-4-6-11-9(13)10-5-3-7-12/h12H,2-8H2,1H3,(H2,10,11,13). The Hall–Kier alpha value is -0.810. The summed E-state index contributed by atoms with van der Waals surface area (Å²) in [5, 5.41) is 13.8. The molecule has 3 N–H and O–H groups in total. The zero-order chi connectivity index (χ0) is 10.6. The van der Waals surface area contributed by atoms with Crippen molar-refractivity contribution in [3.8, 4) is 0 Å². The summed E-state index contributed by atoms with van der Waals surface area (Å²) < 4.78 is 5.11. The molecule has 0 aliphatic carbocycles. The van der Waals surface area contributed by atoms with Crippen LogP contribution in [0.2, 0.25) is 0 Å². The highest BCUT2D eigenvalue weighted by Crippen LogP contribution is 1.80. The molecule has 2 amide bonds. The minimum atomic E-state index is -0.185. The maximum atomic E-state index is 11.0. The number of aliphatic hydroxyl groups excluding tert-OH is 1. The molecular weight excluding hydrogens is 184 g/mol. The highest BCUT2D eigenvalue weighted by atomic mass is 16.5. The molecule has 0 spiro atoms. The van der Waals surface area contributed by atoms with E-state index < -0.39 is 0 Å². The third-order valence-corrected chi connectivity index (χ3v) is 1.58. The number of carbonyl (C=O) groups excluding carboxylic acids is 1. The first kappa shape index (κ1) is 13.2. The second-order valence-corrected chi connectivity index (χ2v) is 2.81. The summed E-state index contributed by atoms with van der Waals surface area (Å²) in [7, 11) is 0. The molecule has 5 nitrogen and oxygen atoms in total. The Labute approximate surface area is 84.8 Å². The zero-order valence-corrected chi connectivity index (χ0v) is 8.71. The van der Waals surface area contributed by atoms with Gasteiger partial charge in [0.05, 0.1) is 0 Å². The van der Waals surface area contributed by atoms with E-state index in [4.69, 9.17) is 9.84 Å². The minimum absolute atomic E-state index is 0.102. The quantitative estimate of drug-likeness (QED) is 0.491. The lowest BCUT2D eigenvalue weighted by molar-refractivity contribution is 0.145. The first-order valence-corrected chi connectivity index (χ1v) is 5.01. The van der Waals surface area contributed by atoms with Crippen LogP contribution in [0.3, 0.4) is 0 Å². The van der Waals surface area contributed by atoms with Gasteiger partial charge < -0.3 is 20.5 Å². The summed E-state index contributed by atoms with van der Waals surface area (Å²) in [6, 6.07) is -0.185. The number of urea groups is 1. The number of amides is 2. The monoisotopic (exact) mass is 204 g/mol. The van der Waals surface area contributed by atoms with E-state index in [9.17, 15) is 4.79 Å². The number of hydrogen-bond acceptors (Lipinski definition) is 3. The number of rotatable bonds is 8. The van der Waals surface area contributed by atoms with Crippen LogP contribution >= 0.6 is 0 Å². The zero-order valence-electron chi connectivity index (χ0n) is 8.71. The first-order valence-electron chi connectivity index (χ1n) is 5.01. The van der Waals surface area contributed by atoms with E-state index >= 15 is 0 Å². The lowest BCUT2D eigenvalue weighted by atomic mass is 10.4. The molecule has 14 heavy (non-hydrogen) atoms. The summed E-state index contributed by atoms with van der Waals surface area (Å²) in [6.07, 6.45) is 1.41. The molecule has 0 rings (SSSR count). The molecule has 0 fully saturated rings. The fourth-order valence-corrected chi connectivity index (χ4v) is 0.864. The number of nitrogens with one attached hydrogen (secondary N) is 2. The van der Waals surface area contributed by atoms with E-state index in [0.717, 1.165) is 6.42 Å². The summed E-state index contributed by atoms with van der Waals surface area (Å²) in [4.78, 5) is 11.0. The van der Waals surface area contributed by atoms with Crippen LogP contribution in [-0.2, 0) is 4.74 Å². The van der Waals surface area contributed by atoms with Gasteiger partial charge in [-0.1, -0.05) is 0 Å². The van der Waals surface area contributed by atoms with Crippen molar-refractivity contribution < 1.29 is 14.6 Å². The fraction of sp³-hybridized carbons (Fsp3) is 0.889. The molecule has 0 saturated heterocycles. The van der Waals surface area contributed by atoms with Gasteiger partial charge in [-0.3, -0.25) is 0 Å². The molecule has 5 heteroatoms. The van der Waals surface area contributed by atoms with Crippen LogP contribution in [0.4, 0.5) is 4.79 Å². The van der Waals surface area contributed by atoms with Gasteiger partial charge in [-0.2, -0.15) is 0 Å². The highest BCUT2D eigenvalue weighted by Gasteiger charge is 1.97. The molecule has 0 aliphatic rings. The molecule has 0 aliphatic heterocycles. The number of carbonyl (C=O) groups is 1. The van der Waals surface area contributed by atoms with Crippen molar-refractivity contribution in [2.24, 2.45) is 0 Å². The van der Waals surface area contributed by atoms with Crippen LogP contribution in [0.1, 0.15) is 19.8 Å². The van der Waals surface area contributed by atoms with Crippen LogP contribution in [0.5, 0.6) is 0 Å². The van der Waals surface area contributed by atoms with Crippen LogP contribution < -0.4 is 10.6 Å². The van der Waals surface area contributed by atoms with Gasteiger partial charge in [0.25, 0.3) is 0 Å². The Morgan fingerprint density at radius 1 is 1.29 bits per heavy atom. The van der Waals surface area contributed by atoms with Crippen LogP contribution in [0.15, 0.2) is 0 Å². The number of hydrogen-bond donors (Lipinski definition) is 3. The van der Waals surface area contributed by atoms with E-state index in [0.29, 0.717) is 32.7 Å². The SMILES string of the molecule is CCOCCCNC(=O)NCCCO. The van der Waals surface area contributed by atoms with Crippen molar-refractivity contribution in [2.45, 2.75) is 19.8 Å². The number of aliphatic hydroxyl groups is 1. The van der Waals surface area contributed by atoms with E-state index in [1.807, 2.05) is 6.92 Å². The van der Waals surface area contributed by atoms with Gasteiger partial charge in [0.2, 0.25) is 0 Å². The Bertz CT molecular complexity index is 142. The van der Waals surface area contributed by atoms with E-state index in [1.165, 1.54) is 0 Å². The molecule has 0 bridgehead atoms. The fourth-order valence-electron chi connectivity index (χ4n) is 0.864. The Balaban J connectivity index is 3.10. The van der Waals surface area contributed by atoms with Crippen molar-refractivity contribution in [3.05, 3.63) is 0 Å². The van der Waals surface area contributed by atoms with Gasteiger partial charge in [-0.15, -0.1) is 0 Å². The lowest BCUT2D eigenvalue weighted by Gasteiger charge is -2.06. The Morgan fingerprint density at radius 3 is 2.50 bits per heavy atom. The predicted molar refractivity (Wildman–Crippen MR) is 54.2 cm³/mol. The molecule has 0 heterocycles. The summed E-state index contributed by atoms with van der Waals surface area (Å²) in [5.41, 5.74) is 0. The Kier molecular flexibility index (Phi) is 9.68. The van der Waals surface area contributed by atoms with Gasteiger partial charge >= 0.3 is 6.03 Å². The van der Waals surface area contributed by atoms with Crippen molar-refractivity contribution in [1.82, 2.24) is 10.6 Å². The van der Waals surface area contributed by atoms with Gasteiger partial charge in [-0.25, -0.2) is 4.79 Å². The maximum absolute atomic E-state index is 11.0. The third-order valence-electron chi connectivity index (χ3n) is 1.58. The van der Waals surface area contributed by atoms with Crippen LogP contribution in [-0.4, -0.2) is 44.0 Å². The predicted octanol–water partition coefficient (Wildman–Crippen LogP) is 0.0946. The van der Waals surface area contributed by atoms with Gasteiger partial charge in [0.1, 0.15) is 0 Å². The maximum Gasteiger partial charge on any atom is 0.314 e.